The van der Waals surface area contributed by atoms with E-state index in [9.17, 15) is 8.78 Å². The fourth-order valence-corrected chi connectivity index (χ4v) is 6.71. The molecule has 1 unspecified atom stereocenters. The molecule has 194 valence electrons. The number of unbranched alkanes of at least 4 members (excludes halogenated alkanes) is 1. The van der Waals surface area contributed by atoms with Crippen LogP contribution in [0.5, 0.6) is 0 Å². The highest BCUT2D eigenvalue weighted by Gasteiger charge is 2.36. The summed E-state index contributed by atoms with van der Waals surface area (Å²) in [6, 6.07) is 7.57. The molecule has 1 heterocycles. The molecule has 36 heavy (non-hydrogen) atoms. The lowest BCUT2D eigenvalue weighted by molar-refractivity contribution is 0.113. The molecule has 2 nitrogen and oxygen atoms in total. The van der Waals surface area contributed by atoms with Gasteiger partial charge in [-0.15, -0.1) is 0 Å². The summed E-state index contributed by atoms with van der Waals surface area (Å²) in [4.78, 5) is 4.28. The Morgan fingerprint density at radius 1 is 0.917 bits per heavy atom. The molecule has 2 aromatic rings. The highest BCUT2D eigenvalue weighted by molar-refractivity contribution is 5.96. The summed E-state index contributed by atoms with van der Waals surface area (Å²) in [5, 5.41) is 0. The molecule has 2 aromatic carbocycles. The molecule has 0 spiro atoms. The summed E-state index contributed by atoms with van der Waals surface area (Å²) in [5.41, 5.74) is 0.592. The lowest BCUT2D eigenvalue weighted by Crippen LogP contribution is -2.30. The lowest BCUT2D eigenvalue weighted by Gasteiger charge is -2.42. The highest BCUT2D eigenvalue weighted by Crippen LogP contribution is 2.48. The van der Waals surface area contributed by atoms with Gasteiger partial charge in [-0.2, -0.15) is 0 Å². The molecule has 0 saturated heterocycles. The first-order valence-electron chi connectivity index (χ1n) is 13.8. The number of fused-ring (bicyclic) bond motifs is 1. The van der Waals surface area contributed by atoms with E-state index in [1.54, 1.807) is 12.1 Å². The molecule has 4 atom stereocenters. The summed E-state index contributed by atoms with van der Waals surface area (Å²) in [6.45, 7) is 6.21. The van der Waals surface area contributed by atoms with Crippen LogP contribution in [-0.4, -0.2) is 18.0 Å². The van der Waals surface area contributed by atoms with Crippen LogP contribution in [0.4, 0.5) is 13.2 Å². The molecule has 0 radical (unpaired) electrons. The van der Waals surface area contributed by atoms with E-state index in [0.29, 0.717) is 5.92 Å². The van der Waals surface area contributed by atoms with Crippen molar-refractivity contribution >= 4 is 5.90 Å². The van der Waals surface area contributed by atoms with Crippen LogP contribution < -0.4 is 0 Å². The molecule has 0 bridgehead atoms. The van der Waals surface area contributed by atoms with Crippen molar-refractivity contribution in [2.45, 2.75) is 90.0 Å². The predicted molar refractivity (Wildman–Crippen MR) is 139 cm³/mol. The Hall–Kier alpha value is -2.30. The van der Waals surface area contributed by atoms with Gasteiger partial charge in [-0.05, 0) is 98.9 Å². The molecule has 3 aliphatic rings. The van der Waals surface area contributed by atoms with Gasteiger partial charge in [0.25, 0.3) is 0 Å². The first-order valence-corrected chi connectivity index (χ1v) is 13.8. The lowest BCUT2D eigenvalue weighted by atomic mass is 9.63. The van der Waals surface area contributed by atoms with Gasteiger partial charge in [-0.1, -0.05) is 44.7 Å². The van der Waals surface area contributed by atoms with Crippen molar-refractivity contribution in [3.63, 3.8) is 0 Å². The van der Waals surface area contributed by atoms with Gasteiger partial charge in [0.2, 0.25) is 5.90 Å². The maximum Gasteiger partial charge on any atom is 0.222 e. The van der Waals surface area contributed by atoms with Crippen molar-refractivity contribution in [3.05, 3.63) is 58.9 Å². The molecular weight excluding hydrogens is 459 g/mol. The molecule has 5 rings (SSSR count). The van der Waals surface area contributed by atoms with Crippen molar-refractivity contribution in [3.8, 4) is 11.1 Å². The second kappa shape index (κ2) is 10.2. The van der Waals surface area contributed by atoms with Gasteiger partial charge in [0.15, 0.2) is 0 Å². The van der Waals surface area contributed by atoms with Gasteiger partial charge in [-0.25, -0.2) is 18.2 Å². The number of ether oxygens (including phenoxy) is 1. The smallest absolute Gasteiger partial charge is 0.222 e. The van der Waals surface area contributed by atoms with Crippen molar-refractivity contribution in [2.75, 3.05) is 6.61 Å². The second-order valence-electron chi connectivity index (χ2n) is 11.9. The number of hydrogen-bond acceptors (Lipinski definition) is 2. The van der Waals surface area contributed by atoms with E-state index in [0.717, 1.165) is 36.2 Å². The van der Waals surface area contributed by atoms with E-state index in [1.165, 1.54) is 57.1 Å². The number of benzene rings is 2. The average Bonchev–Trinajstić information content (AvgIpc) is 3.20. The standard InChI is InChI=1S/C31H38F3NO/c1-4-5-6-19-7-8-21-14-22(10-9-20(21)13-19)23-11-12-25(26(32)15-23)24-16-27(33)29(28(34)17-24)30-35-31(2,3)18-36-30/h11-12,15-17,19-22H,4-10,13-14,18H2,1-3H3/t19?,20-,21-,22-/m1/s1. The van der Waals surface area contributed by atoms with E-state index in [4.69, 9.17) is 4.74 Å². The fraction of sp³-hybridized carbons (Fsp3) is 0.581. The molecule has 0 N–H and O–H groups in total. The first-order chi connectivity index (χ1) is 17.2. The van der Waals surface area contributed by atoms with Gasteiger partial charge >= 0.3 is 0 Å². The van der Waals surface area contributed by atoms with Crippen molar-refractivity contribution in [1.29, 1.82) is 0 Å². The van der Waals surface area contributed by atoms with Crippen LogP contribution in [0.15, 0.2) is 35.3 Å². The van der Waals surface area contributed by atoms with Gasteiger partial charge in [0, 0.05) is 5.56 Å². The molecule has 0 aromatic heterocycles. The van der Waals surface area contributed by atoms with Crippen LogP contribution in [0.3, 0.4) is 0 Å². The van der Waals surface area contributed by atoms with E-state index >= 15 is 4.39 Å². The number of aliphatic imine (C=N–C) groups is 1. The van der Waals surface area contributed by atoms with E-state index in [1.807, 2.05) is 19.9 Å². The number of hydrogen-bond donors (Lipinski definition) is 0. The van der Waals surface area contributed by atoms with Gasteiger partial charge in [-0.3, -0.25) is 0 Å². The van der Waals surface area contributed by atoms with Crippen LogP contribution in [0.2, 0.25) is 0 Å². The van der Waals surface area contributed by atoms with Crippen LogP contribution in [0.25, 0.3) is 11.1 Å². The molecule has 1 aliphatic heterocycles. The summed E-state index contributed by atoms with van der Waals surface area (Å²) in [6.07, 6.45) is 11.4. The third kappa shape index (κ3) is 5.21. The molecule has 2 aliphatic carbocycles. The largest absolute Gasteiger partial charge is 0.475 e. The topological polar surface area (TPSA) is 21.6 Å². The zero-order chi connectivity index (χ0) is 25.4. The quantitative estimate of drug-likeness (QED) is 0.391. The Bertz CT molecular complexity index is 1120. The zero-order valence-corrected chi connectivity index (χ0v) is 21.8. The van der Waals surface area contributed by atoms with E-state index in [2.05, 4.69) is 11.9 Å². The second-order valence-corrected chi connectivity index (χ2v) is 11.9. The summed E-state index contributed by atoms with van der Waals surface area (Å²) >= 11 is 0. The number of rotatable bonds is 6. The third-order valence-corrected chi connectivity index (χ3v) is 8.69. The van der Waals surface area contributed by atoms with Crippen LogP contribution in [0, 0.1) is 35.2 Å². The van der Waals surface area contributed by atoms with E-state index in [-0.39, 0.29) is 29.2 Å². The molecule has 2 fully saturated rings. The first kappa shape index (κ1) is 25.4. The van der Waals surface area contributed by atoms with Crippen LogP contribution >= 0.6 is 0 Å². The Morgan fingerprint density at radius 2 is 1.64 bits per heavy atom. The third-order valence-electron chi connectivity index (χ3n) is 8.69. The summed E-state index contributed by atoms with van der Waals surface area (Å²) in [7, 11) is 0. The van der Waals surface area contributed by atoms with Crippen molar-refractivity contribution in [1.82, 2.24) is 0 Å². The number of halogens is 3. The zero-order valence-electron chi connectivity index (χ0n) is 21.8. The molecule has 0 amide bonds. The fourth-order valence-electron chi connectivity index (χ4n) is 6.71. The Balaban J connectivity index is 1.30. The van der Waals surface area contributed by atoms with Crippen molar-refractivity contribution < 1.29 is 17.9 Å². The molecule has 2 saturated carbocycles. The Kier molecular flexibility index (Phi) is 7.20. The SMILES string of the molecule is CCCCC1CC[C@@H]2C[C@H](c3ccc(-c4cc(F)c(C5=NC(C)(C)CO5)c(F)c4)c(F)c3)CC[C@@H]2C1. The average molecular weight is 498 g/mol. The molecule has 5 heteroatoms. The summed E-state index contributed by atoms with van der Waals surface area (Å²) in [5.74, 6) is 0.766. The Labute approximate surface area is 213 Å². The maximum absolute atomic E-state index is 15.3. The minimum absolute atomic E-state index is 0.0348. The van der Waals surface area contributed by atoms with Gasteiger partial charge < -0.3 is 4.74 Å². The number of nitrogens with zero attached hydrogens (tertiary/aromatic N) is 1. The minimum atomic E-state index is -0.794. The van der Waals surface area contributed by atoms with Crippen LogP contribution in [-0.2, 0) is 4.74 Å². The highest BCUT2D eigenvalue weighted by atomic mass is 19.1. The monoisotopic (exact) mass is 497 g/mol. The van der Waals surface area contributed by atoms with Gasteiger partial charge in [0.1, 0.15) is 29.6 Å². The Morgan fingerprint density at radius 3 is 2.31 bits per heavy atom. The maximum atomic E-state index is 15.3. The molecular formula is C31H38F3NO. The van der Waals surface area contributed by atoms with Gasteiger partial charge in [0.05, 0.1) is 5.54 Å². The summed E-state index contributed by atoms with van der Waals surface area (Å²) < 4.78 is 50.6. The minimum Gasteiger partial charge on any atom is -0.475 e. The van der Waals surface area contributed by atoms with Crippen LogP contribution in [0.1, 0.15) is 95.6 Å². The van der Waals surface area contributed by atoms with Crippen molar-refractivity contribution in [2.24, 2.45) is 22.7 Å². The predicted octanol–water partition coefficient (Wildman–Crippen LogP) is 8.82. The van der Waals surface area contributed by atoms with E-state index < -0.39 is 23.0 Å². The normalized spacial score (nSPS) is 27.3.